The predicted octanol–water partition coefficient (Wildman–Crippen LogP) is 2.84. The van der Waals surface area contributed by atoms with Crippen molar-refractivity contribution in [2.24, 2.45) is 5.92 Å². The van der Waals surface area contributed by atoms with E-state index in [0.29, 0.717) is 17.1 Å². The lowest BCUT2D eigenvalue weighted by molar-refractivity contribution is -0.121. The first-order valence-corrected chi connectivity index (χ1v) is 6.10. The average Bonchev–Trinajstić information content (AvgIpc) is 2.30. The van der Waals surface area contributed by atoms with Gasteiger partial charge in [-0.3, -0.25) is 4.79 Å². The van der Waals surface area contributed by atoms with E-state index in [1.165, 1.54) is 12.1 Å². The van der Waals surface area contributed by atoms with Gasteiger partial charge < -0.3 is 5.32 Å². The average molecular weight is 258 g/mol. The Kier molecular flexibility index (Phi) is 5.59. The molecule has 17 heavy (non-hydrogen) atoms. The fourth-order valence-electron chi connectivity index (χ4n) is 1.52. The van der Waals surface area contributed by atoms with E-state index in [9.17, 15) is 9.18 Å². The predicted molar refractivity (Wildman–Crippen MR) is 67.8 cm³/mol. The van der Waals surface area contributed by atoms with Crippen LogP contribution in [-0.2, 0) is 11.2 Å². The van der Waals surface area contributed by atoms with Crippen molar-refractivity contribution in [1.29, 1.82) is 0 Å². The number of ketones is 1. The van der Waals surface area contributed by atoms with E-state index in [4.69, 9.17) is 11.6 Å². The Morgan fingerprint density at radius 3 is 2.82 bits per heavy atom. The lowest BCUT2D eigenvalue weighted by Crippen LogP contribution is -2.27. The summed E-state index contributed by atoms with van der Waals surface area (Å²) in [5.74, 6) is -0.551. The second kappa shape index (κ2) is 6.72. The third kappa shape index (κ3) is 4.10. The van der Waals surface area contributed by atoms with Gasteiger partial charge in [-0.15, -0.1) is 0 Å². The Balaban J connectivity index is 2.68. The second-order valence-electron chi connectivity index (χ2n) is 4.05. The van der Waals surface area contributed by atoms with Gasteiger partial charge in [-0.25, -0.2) is 4.39 Å². The number of Topliss-reactive ketones (excluding diaryl/α,β-unsaturated/α-hetero) is 1. The molecule has 0 bridgehead atoms. The Morgan fingerprint density at radius 2 is 2.24 bits per heavy atom. The van der Waals surface area contributed by atoms with Gasteiger partial charge in [-0.1, -0.05) is 31.5 Å². The third-order valence-corrected chi connectivity index (χ3v) is 3.02. The molecule has 0 fully saturated rings. The van der Waals surface area contributed by atoms with Crippen LogP contribution in [0.25, 0.3) is 0 Å². The van der Waals surface area contributed by atoms with Crippen molar-refractivity contribution < 1.29 is 9.18 Å². The van der Waals surface area contributed by atoms with Crippen molar-refractivity contribution in [3.8, 4) is 0 Å². The number of benzene rings is 1. The molecule has 0 aliphatic rings. The molecule has 1 rings (SSSR count). The number of carbonyl (C=O) groups is 1. The highest BCUT2D eigenvalue weighted by atomic mass is 35.5. The van der Waals surface area contributed by atoms with E-state index in [-0.39, 0.29) is 18.1 Å². The lowest BCUT2D eigenvalue weighted by atomic mass is 9.99. The molecular formula is C13H17ClFNO. The number of carbonyl (C=O) groups excluding carboxylic acids is 1. The van der Waals surface area contributed by atoms with Gasteiger partial charge in [0.15, 0.2) is 0 Å². The molecule has 0 amide bonds. The molecule has 94 valence electrons. The summed E-state index contributed by atoms with van der Waals surface area (Å²) in [7, 11) is 0. The molecule has 0 radical (unpaired) electrons. The minimum atomic E-state index is -0.415. The highest BCUT2D eigenvalue weighted by molar-refractivity contribution is 6.31. The van der Waals surface area contributed by atoms with Crippen molar-refractivity contribution in [2.75, 3.05) is 13.1 Å². The van der Waals surface area contributed by atoms with Gasteiger partial charge in [-0.05, 0) is 18.7 Å². The topological polar surface area (TPSA) is 29.1 Å². The first kappa shape index (κ1) is 14.1. The van der Waals surface area contributed by atoms with Crippen LogP contribution in [0.1, 0.15) is 19.4 Å². The van der Waals surface area contributed by atoms with Crippen LogP contribution < -0.4 is 5.32 Å². The molecule has 2 nitrogen and oxygen atoms in total. The zero-order valence-electron chi connectivity index (χ0n) is 10.1. The van der Waals surface area contributed by atoms with E-state index in [2.05, 4.69) is 5.32 Å². The maximum absolute atomic E-state index is 13.5. The van der Waals surface area contributed by atoms with Gasteiger partial charge in [0, 0.05) is 29.5 Å². The van der Waals surface area contributed by atoms with Crippen LogP contribution in [-0.4, -0.2) is 18.9 Å². The fourth-order valence-corrected chi connectivity index (χ4v) is 1.75. The van der Waals surface area contributed by atoms with E-state index in [1.807, 2.05) is 13.8 Å². The molecule has 0 spiro atoms. The van der Waals surface area contributed by atoms with Gasteiger partial charge >= 0.3 is 0 Å². The quantitative estimate of drug-likeness (QED) is 0.849. The normalized spacial score (nSPS) is 12.5. The number of hydrogen-bond donors (Lipinski definition) is 1. The van der Waals surface area contributed by atoms with Crippen molar-refractivity contribution in [1.82, 2.24) is 5.32 Å². The lowest BCUT2D eigenvalue weighted by Gasteiger charge is -2.11. The SMILES string of the molecule is CCNCC(C)C(=O)Cc1c(F)cccc1Cl. The maximum Gasteiger partial charge on any atom is 0.141 e. The largest absolute Gasteiger partial charge is 0.316 e. The number of nitrogens with one attached hydrogen (secondary N) is 1. The summed E-state index contributed by atoms with van der Waals surface area (Å²) in [6.45, 7) is 5.24. The van der Waals surface area contributed by atoms with E-state index in [1.54, 1.807) is 6.07 Å². The summed E-state index contributed by atoms with van der Waals surface area (Å²) < 4.78 is 13.5. The summed E-state index contributed by atoms with van der Waals surface area (Å²) >= 11 is 5.87. The molecule has 1 atom stereocenters. The summed E-state index contributed by atoms with van der Waals surface area (Å²) in [5.41, 5.74) is 0.294. The Morgan fingerprint density at radius 1 is 1.53 bits per heavy atom. The molecule has 0 heterocycles. The van der Waals surface area contributed by atoms with Gasteiger partial charge in [0.1, 0.15) is 11.6 Å². The van der Waals surface area contributed by atoms with E-state index < -0.39 is 5.82 Å². The van der Waals surface area contributed by atoms with Crippen LogP contribution in [0.4, 0.5) is 4.39 Å². The summed E-state index contributed by atoms with van der Waals surface area (Å²) in [5, 5.41) is 3.41. The number of halogens is 2. The summed E-state index contributed by atoms with van der Waals surface area (Å²) in [6, 6.07) is 4.46. The maximum atomic E-state index is 13.5. The van der Waals surface area contributed by atoms with E-state index >= 15 is 0 Å². The van der Waals surface area contributed by atoms with Crippen molar-refractivity contribution >= 4 is 17.4 Å². The molecule has 1 N–H and O–H groups in total. The minimum Gasteiger partial charge on any atom is -0.316 e. The van der Waals surface area contributed by atoms with Crippen molar-refractivity contribution in [3.05, 3.63) is 34.6 Å². The van der Waals surface area contributed by atoms with Crippen LogP contribution in [0, 0.1) is 11.7 Å². The molecule has 0 aliphatic heterocycles. The summed E-state index contributed by atoms with van der Waals surface area (Å²) in [6.07, 6.45) is 0.0536. The van der Waals surface area contributed by atoms with Crippen LogP contribution in [0.2, 0.25) is 5.02 Å². The van der Waals surface area contributed by atoms with Crippen molar-refractivity contribution in [2.45, 2.75) is 20.3 Å². The Bertz CT molecular complexity index is 375. The highest BCUT2D eigenvalue weighted by Gasteiger charge is 2.16. The standard InChI is InChI=1S/C13H17ClFNO/c1-3-16-8-9(2)13(17)7-10-11(14)5-4-6-12(10)15/h4-6,9,16H,3,7-8H2,1-2H3. The highest BCUT2D eigenvalue weighted by Crippen LogP contribution is 2.20. The van der Waals surface area contributed by atoms with Gasteiger partial charge in [0.25, 0.3) is 0 Å². The monoisotopic (exact) mass is 257 g/mol. The molecule has 0 saturated carbocycles. The van der Waals surface area contributed by atoms with Gasteiger partial charge in [0.2, 0.25) is 0 Å². The number of hydrogen-bond acceptors (Lipinski definition) is 2. The van der Waals surface area contributed by atoms with Crippen LogP contribution in [0.5, 0.6) is 0 Å². The van der Waals surface area contributed by atoms with Crippen LogP contribution in [0.3, 0.4) is 0 Å². The molecular weight excluding hydrogens is 241 g/mol. The van der Waals surface area contributed by atoms with E-state index in [0.717, 1.165) is 6.54 Å². The smallest absolute Gasteiger partial charge is 0.141 e. The second-order valence-corrected chi connectivity index (χ2v) is 4.46. The molecule has 0 saturated heterocycles. The van der Waals surface area contributed by atoms with Gasteiger partial charge in [-0.2, -0.15) is 0 Å². The fraction of sp³-hybridized carbons (Fsp3) is 0.462. The molecule has 1 aromatic rings. The van der Waals surface area contributed by atoms with Crippen LogP contribution in [0.15, 0.2) is 18.2 Å². The zero-order chi connectivity index (χ0) is 12.8. The Hall–Kier alpha value is -0.930. The number of rotatable bonds is 6. The molecule has 1 aromatic carbocycles. The van der Waals surface area contributed by atoms with Crippen molar-refractivity contribution in [3.63, 3.8) is 0 Å². The first-order valence-electron chi connectivity index (χ1n) is 5.72. The minimum absolute atomic E-state index is 0.00190. The zero-order valence-corrected chi connectivity index (χ0v) is 10.9. The molecule has 4 heteroatoms. The molecule has 0 aliphatic carbocycles. The van der Waals surface area contributed by atoms with Gasteiger partial charge in [0.05, 0.1) is 0 Å². The molecule has 0 aromatic heterocycles. The molecule has 1 unspecified atom stereocenters. The van der Waals surface area contributed by atoms with Crippen LogP contribution >= 0.6 is 11.6 Å². The third-order valence-electron chi connectivity index (χ3n) is 2.66. The summed E-state index contributed by atoms with van der Waals surface area (Å²) in [4.78, 5) is 11.9. The Labute approximate surface area is 106 Å². The first-order chi connectivity index (χ1) is 8.06.